The monoisotopic (exact) mass is 685 g/mol. The number of methoxy groups -OCH3 is 1. The summed E-state index contributed by atoms with van der Waals surface area (Å²) in [7, 11) is 0.939. The number of carbonyl (C=O) groups is 3. The van der Waals surface area contributed by atoms with E-state index >= 15 is 0 Å². The molecule has 3 aromatic rings. The van der Waals surface area contributed by atoms with Crippen LogP contribution in [-0.2, 0) is 10.6 Å². The molecule has 3 amide bonds. The number of primary amides is 1. The van der Waals surface area contributed by atoms with E-state index in [-0.39, 0.29) is 10.4 Å². The maximum atomic E-state index is 13.9. The summed E-state index contributed by atoms with van der Waals surface area (Å²) in [5.41, 5.74) is 0.114. The average Bonchev–Trinajstić information content (AvgIpc) is 3.41. The number of aliphatic hydroxyl groups excluding tert-OH is 2. The fourth-order valence-corrected chi connectivity index (χ4v) is 4.72. The number of amides is 3. The molecule has 0 radical (unpaired) electrons. The maximum absolute atomic E-state index is 13.9. The van der Waals surface area contributed by atoms with Crippen LogP contribution in [-0.4, -0.2) is 137 Å². The molecular weight excluding hydrogens is 658 g/mol. The molecular formula is C25H27N5O18. The first-order valence-corrected chi connectivity index (χ1v) is 12.8. The number of rotatable bonds is 9. The van der Waals surface area contributed by atoms with Crippen molar-refractivity contribution >= 4 is 29.1 Å². The number of aromatic nitrogens is 2. The smallest absolute Gasteiger partial charge is 0.307 e. The highest BCUT2D eigenvalue weighted by Crippen LogP contribution is 2.53. The second-order valence-corrected chi connectivity index (χ2v) is 10.2. The van der Waals surface area contributed by atoms with Gasteiger partial charge in [-0.05, 0) is 24.3 Å². The number of aromatic hydroxyl groups is 4. The normalized spacial score (nSPS) is 14.8. The van der Waals surface area contributed by atoms with Crippen molar-refractivity contribution in [3.8, 4) is 34.4 Å². The quantitative estimate of drug-likeness (QED) is 0.0566. The van der Waals surface area contributed by atoms with Gasteiger partial charge >= 0.3 is 5.91 Å². The molecule has 0 atom stereocenters. The molecule has 48 heavy (non-hydrogen) atoms. The van der Waals surface area contributed by atoms with Gasteiger partial charge in [0.05, 0.1) is 19.2 Å². The molecule has 260 valence electrons. The van der Waals surface area contributed by atoms with Gasteiger partial charge in [0.25, 0.3) is 23.5 Å². The lowest BCUT2D eigenvalue weighted by Gasteiger charge is -2.39. The van der Waals surface area contributed by atoms with E-state index in [0.717, 1.165) is 19.2 Å². The van der Waals surface area contributed by atoms with Crippen LogP contribution in [0, 0.1) is 0 Å². The van der Waals surface area contributed by atoms with Gasteiger partial charge in [0.1, 0.15) is 5.69 Å². The van der Waals surface area contributed by atoms with Gasteiger partial charge < -0.3 is 86.9 Å². The zero-order chi connectivity index (χ0) is 36.4. The summed E-state index contributed by atoms with van der Waals surface area (Å²) < 4.78 is 4.95. The number of benzene rings is 2. The molecule has 1 aliphatic heterocycles. The number of nitrogens with two attached hydrogens (primary N) is 1. The largest absolute Gasteiger partial charge is 0.503 e. The minimum atomic E-state index is -4.16. The number of fused-ring (bicyclic) bond motifs is 1. The van der Waals surface area contributed by atoms with E-state index in [4.69, 9.17) is 10.5 Å². The summed E-state index contributed by atoms with van der Waals surface area (Å²) in [6.07, 6.45) is -6.49. The fraction of sp³-hybridized carbons (Fsp3) is 0.280. The number of phenolic OH excluding ortho intramolecular Hbond substituents is 4. The van der Waals surface area contributed by atoms with Gasteiger partial charge in [-0.25, -0.2) is 4.68 Å². The molecule has 0 unspecified atom stereocenters. The Labute approximate surface area is 264 Å². The number of nitrogens with zero attached hydrogens (tertiary/aromatic N) is 4. The van der Waals surface area contributed by atoms with Gasteiger partial charge in [-0.2, -0.15) is 5.10 Å². The van der Waals surface area contributed by atoms with Crippen LogP contribution in [0.2, 0.25) is 0 Å². The number of hydrogen-bond donors (Lipinski definition) is 15. The average molecular weight is 686 g/mol. The second-order valence-electron chi connectivity index (χ2n) is 10.2. The topological polar surface area (TPSA) is 394 Å². The van der Waals surface area contributed by atoms with Crippen molar-refractivity contribution in [1.29, 1.82) is 0 Å². The molecule has 4 rings (SSSR count). The van der Waals surface area contributed by atoms with E-state index in [2.05, 4.69) is 5.10 Å². The SMILES string of the molecule is COc1c(O)c(O)c(-n2nc(C(N)=O)c3c2C(=O)N(c2ccc(N(C(=O)C(O)(O)C(O)O)C(O)(O)C(O)O)cc2)CC3(O)O)c(O)c1O. The molecule has 0 aliphatic carbocycles. The van der Waals surface area contributed by atoms with Crippen molar-refractivity contribution in [2.45, 2.75) is 30.1 Å². The van der Waals surface area contributed by atoms with Gasteiger partial charge in [0, 0.05) is 11.4 Å². The van der Waals surface area contributed by atoms with Crippen molar-refractivity contribution in [1.82, 2.24) is 9.78 Å². The predicted octanol–water partition coefficient (Wildman–Crippen LogP) is -6.13. The molecule has 1 aliphatic rings. The van der Waals surface area contributed by atoms with Crippen molar-refractivity contribution < 1.29 is 90.6 Å². The molecule has 16 N–H and O–H groups in total. The maximum Gasteiger partial charge on any atom is 0.307 e. The van der Waals surface area contributed by atoms with E-state index < -0.39 is 116 Å². The highest BCUT2D eigenvalue weighted by Gasteiger charge is 2.53. The first kappa shape index (κ1) is 35.5. The Balaban J connectivity index is 1.91. The number of aliphatic hydroxyl groups is 10. The highest BCUT2D eigenvalue weighted by molar-refractivity contribution is 6.10. The van der Waals surface area contributed by atoms with Crippen molar-refractivity contribution in [3.63, 3.8) is 0 Å². The highest BCUT2D eigenvalue weighted by atomic mass is 16.6. The fourth-order valence-electron chi connectivity index (χ4n) is 4.72. The van der Waals surface area contributed by atoms with Crippen molar-refractivity contribution in [2.24, 2.45) is 5.73 Å². The molecule has 0 spiro atoms. The lowest BCUT2D eigenvalue weighted by molar-refractivity contribution is -0.300. The van der Waals surface area contributed by atoms with Crippen LogP contribution in [0.15, 0.2) is 24.3 Å². The summed E-state index contributed by atoms with van der Waals surface area (Å²) in [4.78, 5) is 38.9. The number of hydrogen-bond acceptors (Lipinski definition) is 19. The van der Waals surface area contributed by atoms with Crippen molar-refractivity contribution in [3.05, 3.63) is 41.2 Å². The zero-order valence-corrected chi connectivity index (χ0v) is 23.9. The molecule has 0 bridgehead atoms. The standard InChI is InChI=1S/C25H27N5O18/c1-48-17-15(33)13(31)12(14(32)16(17)34)30-11-9(10(27-30)18(26)35)23(42,43)6-28(19(11)36)7-2-4-8(5-3-7)29(25(46,47)22(40)41)20(37)24(44,45)21(38)39/h2-5,21-22,31-34,38-47H,6H2,1H3,(H2,26,35). The molecule has 23 nitrogen and oxygen atoms in total. The van der Waals surface area contributed by atoms with Crippen LogP contribution in [0.1, 0.15) is 26.5 Å². The summed E-state index contributed by atoms with van der Waals surface area (Å²) >= 11 is 0. The first-order valence-electron chi connectivity index (χ1n) is 12.8. The number of β-amino-alcohol motifs (C(OH)–C–C–N with tert-alkyl or cyclic N) is 2. The van der Waals surface area contributed by atoms with Gasteiger partial charge in [-0.15, -0.1) is 0 Å². The third kappa shape index (κ3) is 5.32. The Kier molecular flexibility index (Phi) is 8.67. The lowest BCUT2D eigenvalue weighted by atomic mass is 9.96. The molecule has 2 heterocycles. The first-order chi connectivity index (χ1) is 22.0. The second kappa shape index (κ2) is 11.7. The third-order valence-corrected chi connectivity index (χ3v) is 7.06. The molecule has 0 fully saturated rings. The molecule has 23 heteroatoms. The van der Waals surface area contributed by atoms with Gasteiger partial charge in [0.15, 0.2) is 22.9 Å². The molecule has 2 aromatic carbocycles. The molecule has 0 saturated heterocycles. The predicted molar refractivity (Wildman–Crippen MR) is 148 cm³/mol. The lowest BCUT2D eigenvalue weighted by Crippen LogP contribution is -2.67. The van der Waals surface area contributed by atoms with Crippen LogP contribution in [0.5, 0.6) is 28.7 Å². The minimum Gasteiger partial charge on any atom is -0.503 e. The Morgan fingerprint density at radius 2 is 1.46 bits per heavy atom. The van der Waals surface area contributed by atoms with Gasteiger partial charge in [-0.1, -0.05) is 0 Å². The van der Waals surface area contributed by atoms with Crippen molar-refractivity contribution in [2.75, 3.05) is 23.5 Å². The minimum absolute atomic E-state index is 0.250. The van der Waals surface area contributed by atoms with Crippen LogP contribution in [0.3, 0.4) is 0 Å². The number of carbonyl (C=O) groups excluding carboxylic acids is 3. The van der Waals surface area contributed by atoms with E-state index in [1.165, 1.54) is 0 Å². The molecule has 1 aromatic heterocycles. The van der Waals surface area contributed by atoms with Crippen LogP contribution < -0.4 is 20.3 Å². The summed E-state index contributed by atoms with van der Waals surface area (Å²) in [6, 6.07) is 3.05. The number of ether oxygens (including phenoxy) is 1. The summed E-state index contributed by atoms with van der Waals surface area (Å²) in [6.45, 7) is -1.13. The van der Waals surface area contributed by atoms with Gasteiger partial charge in [0.2, 0.25) is 35.6 Å². The van der Waals surface area contributed by atoms with E-state index in [9.17, 15) is 85.9 Å². The van der Waals surface area contributed by atoms with Crippen LogP contribution >= 0.6 is 0 Å². The van der Waals surface area contributed by atoms with E-state index in [1.54, 1.807) is 0 Å². The Bertz CT molecular complexity index is 1770. The number of anilines is 2. The van der Waals surface area contributed by atoms with Gasteiger partial charge in [-0.3, -0.25) is 19.3 Å². The Morgan fingerprint density at radius 1 is 0.938 bits per heavy atom. The zero-order valence-electron chi connectivity index (χ0n) is 23.9. The number of phenols is 4. The Hall–Kier alpha value is -5.34. The van der Waals surface area contributed by atoms with Crippen LogP contribution in [0.25, 0.3) is 5.69 Å². The Morgan fingerprint density at radius 3 is 1.90 bits per heavy atom. The van der Waals surface area contributed by atoms with E-state index in [0.29, 0.717) is 17.0 Å². The molecule has 0 saturated carbocycles. The summed E-state index contributed by atoms with van der Waals surface area (Å²) in [5.74, 6) is -22.3. The van der Waals surface area contributed by atoms with Crippen LogP contribution in [0.4, 0.5) is 11.4 Å². The third-order valence-electron chi connectivity index (χ3n) is 7.06. The van der Waals surface area contributed by atoms with E-state index in [1.807, 2.05) is 0 Å². The summed E-state index contributed by atoms with van der Waals surface area (Å²) in [5, 5.41) is 145.